The highest BCUT2D eigenvalue weighted by Gasteiger charge is 2.36. The monoisotopic (exact) mass is 364 g/mol. The Morgan fingerprint density at radius 1 is 1.30 bits per heavy atom. The van der Waals surface area contributed by atoms with Gasteiger partial charge in [0.15, 0.2) is 9.84 Å². The van der Waals surface area contributed by atoms with E-state index in [1.54, 1.807) is 0 Å². The van der Waals surface area contributed by atoms with Gasteiger partial charge in [-0.15, -0.1) is 0 Å². The number of hydrogen-bond acceptors (Lipinski definition) is 5. The smallest absolute Gasteiger partial charge is 0.243 e. The van der Waals surface area contributed by atoms with Crippen LogP contribution in [0.2, 0.25) is 0 Å². The fourth-order valence-corrected chi connectivity index (χ4v) is 5.45. The third kappa shape index (κ3) is 3.57. The van der Waals surface area contributed by atoms with Gasteiger partial charge in [-0.3, -0.25) is 0 Å². The quantitative estimate of drug-likeness (QED) is 0.859. The molecule has 1 saturated heterocycles. The largest absolute Gasteiger partial charge is 0.329 e. The van der Waals surface area contributed by atoms with Gasteiger partial charge in [0.05, 0.1) is 4.90 Å². The summed E-state index contributed by atoms with van der Waals surface area (Å²) in [5, 5.41) is 0. The molecule has 1 aliphatic rings. The SMILES string of the molecule is C[C@H]1CCCN(S(=O)(=O)c2ccc(S(C)(=O)=O)c(F)c2)[C@H]1CN. The molecule has 0 aliphatic carbocycles. The summed E-state index contributed by atoms with van der Waals surface area (Å²) < 4.78 is 63.7. The molecule has 0 radical (unpaired) electrons. The summed E-state index contributed by atoms with van der Waals surface area (Å²) >= 11 is 0. The second-order valence-corrected chi connectivity index (χ2v) is 9.78. The first-order valence-corrected chi connectivity index (χ1v) is 10.6. The van der Waals surface area contributed by atoms with E-state index < -0.39 is 30.6 Å². The van der Waals surface area contributed by atoms with E-state index in [9.17, 15) is 21.2 Å². The summed E-state index contributed by atoms with van der Waals surface area (Å²) in [6, 6.07) is 2.54. The van der Waals surface area contributed by atoms with Gasteiger partial charge in [0, 0.05) is 25.4 Å². The van der Waals surface area contributed by atoms with Crippen molar-refractivity contribution in [1.29, 1.82) is 0 Å². The normalized spacial score (nSPS) is 23.8. The number of sulfonamides is 1. The number of piperidine rings is 1. The van der Waals surface area contributed by atoms with E-state index in [0.717, 1.165) is 30.9 Å². The molecule has 1 fully saturated rings. The van der Waals surface area contributed by atoms with E-state index >= 15 is 0 Å². The molecule has 2 rings (SSSR count). The summed E-state index contributed by atoms with van der Waals surface area (Å²) in [4.78, 5) is -0.770. The zero-order chi connectivity index (χ0) is 17.4. The predicted molar refractivity (Wildman–Crippen MR) is 84.6 cm³/mol. The molecule has 0 saturated carbocycles. The minimum absolute atomic E-state index is 0.115. The minimum atomic E-state index is -3.92. The van der Waals surface area contributed by atoms with Crippen LogP contribution >= 0.6 is 0 Å². The molecule has 1 heterocycles. The maximum atomic E-state index is 14.0. The molecule has 1 aliphatic heterocycles. The number of hydrogen-bond donors (Lipinski definition) is 1. The highest BCUT2D eigenvalue weighted by Crippen LogP contribution is 2.29. The minimum Gasteiger partial charge on any atom is -0.329 e. The van der Waals surface area contributed by atoms with Crippen molar-refractivity contribution in [3.63, 3.8) is 0 Å². The Morgan fingerprint density at radius 2 is 1.96 bits per heavy atom. The molecular weight excluding hydrogens is 343 g/mol. The second-order valence-electron chi connectivity index (χ2n) is 5.90. The number of rotatable bonds is 4. The van der Waals surface area contributed by atoms with Crippen LogP contribution in [-0.2, 0) is 19.9 Å². The summed E-state index contributed by atoms with van der Waals surface area (Å²) in [6.45, 7) is 2.45. The molecule has 9 heteroatoms. The Labute approximate surface area is 136 Å². The van der Waals surface area contributed by atoms with Crippen molar-refractivity contribution in [3.05, 3.63) is 24.0 Å². The number of halogens is 1. The molecule has 1 aromatic carbocycles. The Hall–Kier alpha value is -1.03. The van der Waals surface area contributed by atoms with E-state index in [-0.39, 0.29) is 23.4 Å². The maximum Gasteiger partial charge on any atom is 0.243 e. The van der Waals surface area contributed by atoms with Gasteiger partial charge in [-0.2, -0.15) is 4.31 Å². The number of benzene rings is 1. The van der Waals surface area contributed by atoms with Crippen molar-refractivity contribution in [2.75, 3.05) is 19.3 Å². The first-order chi connectivity index (χ1) is 10.6. The van der Waals surface area contributed by atoms with Crippen LogP contribution in [0.1, 0.15) is 19.8 Å². The highest BCUT2D eigenvalue weighted by atomic mass is 32.2. The lowest BCUT2D eigenvalue weighted by Gasteiger charge is -2.38. The fourth-order valence-electron chi connectivity index (χ4n) is 2.94. The predicted octanol–water partition coefficient (Wildman–Crippen LogP) is 0.977. The van der Waals surface area contributed by atoms with Gasteiger partial charge in [0.2, 0.25) is 10.0 Å². The van der Waals surface area contributed by atoms with E-state index in [1.165, 1.54) is 4.31 Å². The molecule has 0 amide bonds. The average molecular weight is 364 g/mol. The van der Waals surface area contributed by atoms with E-state index in [0.29, 0.717) is 13.0 Å². The summed E-state index contributed by atoms with van der Waals surface area (Å²) in [5.74, 6) is -0.952. The lowest BCUT2D eigenvalue weighted by Crippen LogP contribution is -2.51. The molecule has 2 atom stereocenters. The van der Waals surface area contributed by atoms with Crippen molar-refractivity contribution in [2.24, 2.45) is 11.7 Å². The molecule has 23 heavy (non-hydrogen) atoms. The molecule has 0 unspecified atom stereocenters. The van der Waals surface area contributed by atoms with Gasteiger partial charge in [0.1, 0.15) is 10.7 Å². The lowest BCUT2D eigenvalue weighted by atomic mass is 9.93. The van der Waals surface area contributed by atoms with E-state index in [4.69, 9.17) is 5.73 Å². The topological polar surface area (TPSA) is 97.5 Å². The van der Waals surface area contributed by atoms with Crippen LogP contribution in [0.25, 0.3) is 0 Å². The van der Waals surface area contributed by atoms with Crippen LogP contribution in [-0.4, -0.2) is 46.5 Å². The van der Waals surface area contributed by atoms with Gasteiger partial charge in [-0.05, 0) is 37.0 Å². The Bertz CT molecular complexity index is 793. The lowest BCUT2D eigenvalue weighted by molar-refractivity contribution is 0.192. The first-order valence-electron chi connectivity index (χ1n) is 7.30. The molecule has 0 bridgehead atoms. The van der Waals surface area contributed by atoms with Crippen molar-refractivity contribution in [1.82, 2.24) is 4.31 Å². The van der Waals surface area contributed by atoms with Gasteiger partial charge < -0.3 is 5.73 Å². The van der Waals surface area contributed by atoms with Crippen LogP contribution in [0, 0.1) is 11.7 Å². The molecular formula is C14H21FN2O4S2. The fraction of sp³-hybridized carbons (Fsp3) is 0.571. The zero-order valence-corrected chi connectivity index (χ0v) is 14.7. The molecule has 2 N–H and O–H groups in total. The average Bonchev–Trinajstić information content (AvgIpc) is 2.45. The van der Waals surface area contributed by atoms with E-state index in [2.05, 4.69) is 0 Å². The van der Waals surface area contributed by atoms with Gasteiger partial charge in [-0.1, -0.05) is 6.92 Å². The zero-order valence-electron chi connectivity index (χ0n) is 13.1. The number of sulfone groups is 1. The van der Waals surface area contributed by atoms with Gasteiger partial charge >= 0.3 is 0 Å². The maximum absolute atomic E-state index is 14.0. The van der Waals surface area contributed by atoms with Crippen molar-refractivity contribution >= 4 is 19.9 Å². The van der Waals surface area contributed by atoms with Crippen LogP contribution < -0.4 is 5.73 Å². The molecule has 130 valence electrons. The Balaban J connectivity index is 2.46. The summed E-state index contributed by atoms with van der Waals surface area (Å²) in [6.07, 6.45) is 2.46. The van der Waals surface area contributed by atoms with Gasteiger partial charge in [0.25, 0.3) is 0 Å². The van der Waals surface area contributed by atoms with Crippen LogP contribution in [0.15, 0.2) is 28.0 Å². The second kappa shape index (κ2) is 6.46. The third-order valence-electron chi connectivity index (χ3n) is 4.22. The highest BCUT2D eigenvalue weighted by molar-refractivity contribution is 7.90. The summed E-state index contributed by atoms with van der Waals surface area (Å²) in [7, 11) is -7.67. The van der Waals surface area contributed by atoms with Crippen LogP contribution in [0.5, 0.6) is 0 Å². The summed E-state index contributed by atoms with van der Waals surface area (Å²) in [5.41, 5.74) is 5.71. The standard InChI is InChI=1S/C14H21FN2O4S2/c1-10-4-3-7-17(13(10)9-16)23(20,21)11-5-6-14(12(15)8-11)22(2,18)19/h5-6,8,10,13H,3-4,7,9,16H2,1-2H3/t10-,13-/m0/s1. The molecule has 1 aromatic rings. The van der Waals surface area contributed by atoms with Crippen molar-refractivity contribution < 1.29 is 21.2 Å². The Kier molecular flexibility index (Phi) is 5.15. The van der Waals surface area contributed by atoms with Crippen LogP contribution in [0.4, 0.5) is 4.39 Å². The van der Waals surface area contributed by atoms with Crippen LogP contribution in [0.3, 0.4) is 0 Å². The number of nitrogens with two attached hydrogens (primary N) is 1. The molecule has 6 nitrogen and oxygen atoms in total. The van der Waals surface area contributed by atoms with Crippen molar-refractivity contribution in [2.45, 2.75) is 35.6 Å². The number of nitrogens with zero attached hydrogens (tertiary/aromatic N) is 1. The first kappa shape index (κ1) is 18.3. The van der Waals surface area contributed by atoms with Gasteiger partial charge in [-0.25, -0.2) is 21.2 Å². The van der Waals surface area contributed by atoms with E-state index in [1.807, 2.05) is 6.92 Å². The third-order valence-corrected chi connectivity index (χ3v) is 7.27. The Morgan fingerprint density at radius 3 is 2.48 bits per heavy atom. The molecule has 0 spiro atoms. The van der Waals surface area contributed by atoms with Crippen molar-refractivity contribution in [3.8, 4) is 0 Å². The molecule has 0 aromatic heterocycles.